The van der Waals surface area contributed by atoms with Crippen LogP contribution in [0.5, 0.6) is 0 Å². The predicted octanol–water partition coefficient (Wildman–Crippen LogP) is 3.63. The third kappa shape index (κ3) is 3.62. The van der Waals surface area contributed by atoms with Crippen LogP contribution in [0.15, 0.2) is 30.5 Å². The SMILES string of the molecule is CCNC(C)c1cnc(-c2ccc(COC)cc2)s1. The minimum Gasteiger partial charge on any atom is -0.380 e. The van der Waals surface area contributed by atoms with E-state index in [9.17, 15) is 0 Å². The van der Waals surface area contributed by atoms with Crippen LogP contribution in [0.25, 0.3) is 10.6 Å². The lowest BCUT2D eigenvalue weighted by atomic mass is 10.1. The predicted molar refractivity (Wildman–Crippen MR) is 80.4 cm³/mol. The first-order valence-corrected chi connectivity index (χ1v) is 7.33. The molecule has 1 heterocycles. The lowest BCUT2D eigenvalue weighted by Crippen LogP contribution is -2.16. The van der Waals surface area contributed by atoms with Gasteiger partial charge in [0.15, 0.2) is 0 Å². The smallest absolute Gasteiger partial charge is 0.123 e. The molecule has 2 rings (SSSR count). The standard InChI is InChI=1S/C15H20N2OS/c1-4-16-11(2)14-9-17-15(19-14)13-7-5-12(6-8-13)10-18-3/h5-9,11,16H,4,10H2,1-3H3. The van der Waals surface area contributed by atoms with Crippen LogP contribution >= 0.6 is 11.3 Å². The van der Waals surface area contributed by atoms with Crippen molar-refractivity contribution in [2.24, 2.45) is 0 Å². The molecule has 0 aliphatic heterocycles. The fraction of sp³-hybridized carbons (Fsp3) is 0.400. The van der Waals surface area contributed by atoms with Crippen LogP contribution in [-0.4, -0.2) is 18.6 Å². The molecule has 0 spiro atoms. The van der Waals surface area contributed by atoms with Crippen LogP contribution < -0.4 is 5.32 Å². The first kappa shape index (κ1) is 14.2. The second-order valence-electron chi connectivity index (χ2n) is 4.48. The van der Waals surface area contributed by atoms with Gasteiger partial charge >= 0.3 is 0 Å². The van der Waals surface area contributed by atoms with Crippen LogP contribution in [-0.2, 0) is 11.3 Å². The van der Waals surface area contributed by atoms with Crippen LogP contribution in [0.2, 0.25) is 0 Å². The second kappa shape index (κ2) is 6.80. The molecule has 1 unspecified atom stereocenters. The zero-order chi connectivity index (χ0) is 13.7. The number of thiazole rings is 1. The van der Waals surface area contributed by atoms with Gasteiger partial charge in [-0.1, -0.05) is 31.2 Å². The molecule has 1 N–H and O–H groups in total. The third-order valence-electron chi connectivity index (χ3n) is 2.97. The summed E-state index contributed by atoms with van der Waals surface area (Å²) >= 11 is 1.75. The Balaban J connectivity index is 2.13. The highest BCUT2D eigenvalue weighted by Gasteiger charge is 2.09. The maximum absolute atomic E-state index is 5.11. The number of rotatable bonds is 6. The number of hydrogen-bond donors (Lipinski definition) is 1. The largest absolute Gasteiger partial charge is 0.380 e. The van der Waals surface area contributed by atoms with E-state index in [2.05, 4.69) is 48.4 Å². The van der Waals surface area contributed by atoms with E-state index in [4.69, 9.17) is 4.74 Å². The van der Waals surface area contributed by atoms with Gasteiger partial charge in [-0.3, -0.25) is 0 Å². The quantitative estimate of drug-likeness (QED) is 0.875. The minimum absolute atomic E-state index is 0.365. The van der Waals surface area contributed by atoms with E-state index in [-0.39, 0.29) is 0 Å². The molecular formula is C15H20N2OS. The van der Waals surface area contributed by atoms with Crippen molar-refractivity contribution in [2.75, 3.05) is 13.7 Å². The first-order valence-electron chi connectivity index (χ1n) is 6.52. The number of nitrogens with zero attached hydrogens (tertiary/aromatic N) is 1. The average Bonchev–Trinajstić information content (AvgIpc) is 2.90. The molecule has 0 saturated carbocycles. The van der Waals surface area contributed by atoms with Crippen LogP contribution in [0.4, 0.5) is 0 Å². The molecule has 1 aromatic heterocycles. The van der Waals surface area contributed by atoms with Gasteiger partial charge < -0.3 is 10.1 Å². The molecule has 4 heteroatoms. The van der Waals surface area contributed by atoms with Gasteiger partial charge in [0.25, 0.3) is 0 Å². The number of nitrogens with one attached hydrogen (secondary N) is 1. The molecule has 0 bridgehead atoms. The molecule has 0 aliphatic carbocycles. The molecule has 19 heavy (non-hydrogen) atoms. The van der Waals surface area contributed by atoms with Gasteiger partial charge in [-0.25, -0.2) is 4.98 Å². The molecule has 0 amide bonds. The number of aromatic nitrogens is 1. The zero-order valence-electron chi connectivity index (χ0n) is 11.6. The molecule has 0 aliphatic rings. The zero-order valence-corrected chi connectivity index (χ0v) is 12.5. The Labute approximate surface area is 118 Å². The second-order valence-corrected chi connectivity index (χ2v) is 5.54. The van der Waals surface area contributed by atoms with Crippen molar-refractivity contribution in [1.82, 2.24) is 10.3 Å². The van der Waals surface area contributed by atoms with Crippen LogP contribution in [0.1, 0.15) is 30.3 Å². The van der Waals surface area contributed by atoms with E-state index in [1.807, 2.05) is 6.20 Å². The van der Waals surface area contributed by atoms with Crippen molar-refractivity contribution in [3.8, 4) is 10.6 Å². The van der Waals surface area contributed by atoms with Gasteiger partial charge in [0, 0.05) is 29.8 Å². The summed E-state index contributed by atoms with van der Waals surface area (Å²) in [6.45, 7) is 5.91. The Hall–Kier alpha value is -1.23. The van der Waals surface area contributed by atoms with Crippen molar-refractivity contribution in [2.45, 2.75) is 26.5 Å². The van der Waals surface area contributed by atoms with E-state index in [1.54, 1.807) is 18.4 Å². The van der Waals surface area contributed by atoms with Gasteiger partial charge in [0.05, 0.1) is 6.61 Å². The first-order chi connectivity index (χ1) is 9.24. The Morgan fingerprint density at radius 3 is 2.68 bits per heavy atom. The Kier molecular flexibility index (Phi) is 5.07. The average molecular weight is 276 g/mol. The summed E-state index contributed by atoms with van der Waals surface area (Å²) in [5.41, 5.74) is 2.35. The van der Waals surface area contributed by atoms with E-state index >= 15 is 0 Å². The molecule has 0 radical (unpaired) electrons. The monoisotopic (exact) mass is 276 g/mol. The molecule has 102 valence electrons. The van der Waals surface area contributed by atoms with Gasteiger partial charge in [0.1, 0.15) is 5.01 Å². The summed E-state index contributed by atoms with van der Waals surface area (Å²) in [6.07, 6.45) is 1.97. The van der Waals surface area contributed by atoms with Crippen molar-refractivity contribution < 1.29 is 4.74 Å². The van der Waals surface area contributed by atoms with Gasteiger partial charge in [0.2, 0.25) is 0 Å². The maximum atomic E-state index is 5.11. The highest BCUT2D eigenvalue weighted by molar-refractivity contribution is 7.15. The highest BCUT2D eigenvalue weighted by Crippen LogP contribution is 2.28. The third-order valence-corrected chi connectivity index (χ3v) is 4.20. The van der Waals surface area contributed by atoms with Crippen molar-refractivity contribution in [3.05, 3.63) is 40.9 Å². The maximum Gasteiger partial charge on any atom is 0.123 e. The Morgan fingerprint density at radius 1 is 1.32 bits per heavy atom. The Morgan fingerprint density at radius 2 is 2.05 bits per heavy atom. The summed E-state index contributed by atoms with van der Waals surface area (Å²) < 4.78 is 5.11. The summed E-state index contributed by atoms with van der Waals surface area (Å²) in [5, 5.41) is 4.48. The lowest BCUT2D eigenvalue weighted by Gasteiger charge is -2.08. The summed E-state index contributed by atoms with van der Waals surface area (Å²) in [5.74, 6) is 0. The molecule has 0 saturated heterocycles. The number of benzene rings is 1. The molecule has 3 nitrogen and oxygen atoms in total. The van der Waals surface area contributed by atoms with Crippen molar-refractivity contribution in [1.29, 1.82) is 0 Å². The molecule has 0 fully saturated rings. The topological polar surface area (TPSA) is 34.2 Å². The number of methoxy groups -OCH3 is 1. The van der Waals surface area contributed by atoms with Crippen molar-refractivity contribution >= 4 is 11.3 Å². The number of hydrogen-bond acceptors (Lipinski definition) is 4. The van der Waals surface area contributed by atoms with Crippen LogP contribution in [0, 0.1) is 0 Å². The van der Waals surface area contributed by atoms with E-state index < -0.39 is 0 Å². The molecule has 1 atom stereocenters. The lowest BCUT2D eigenvalue weighted by molar-refractivity contribution is 0.185. The normalized spacial score (nSPS) is 12.6. The van der Waals surface area contributed by atoms with Crippen LogP contribution in [0.3, 0.4) is 0 Å². The Bertz CT molecular complexity index is 507. The summed E-state index contributed by atoms with van der Waals surface area (Å²) in [6, 6.07) is 8.76. The van der Waals surface area contributed by atoms with E-state index in [1.165, 1.54) is 16.0 Å². The molecule has 1 aromatic carbocycles. The van der Waals surface area contributed by atoms with Gasteiger partial charge in [-0.2, -0.15) is 0 Å². The van der Waals surface area contributed by atoms with Gasteiger partial charge in [-0.15, -0.1) is 11.3 Å². The molecular weight excluding hydrogens is 256 g/mol. The highest BCUT2D eigenvalue weighted by atomic mass is 32.1. The molecule has 2 aromatic rings. The fourth-order valence-electron chi connectivity index (χ4n) is 1.94. The van der Waals surface area contributed by atoms with Crippen molar-refractivity contribution in [3.63, 3.8) is 0 Å². The van der Waals surface area contributed by atoms with Gasteiger partial charge in [-0.05, 0) is 19.0 Å². The van der Waals surface area contributed by atoms with E-state index in [0.717, 1.165) is 11.6 Å². The summed E-state index contributed by atoms with van der Waals surface area (Å²) in [4.78, 5) is 5.79. The fourth-order valence-corrected chi connectivity index (χ4v) is 2.89. The minimum atomic E-state index is 0.365. The summed E-state index contributed by atoms with van der Waals surface area (Å²) in [7, 11) is 1.71. The van der Waals surface area contributed by atoms with E-state index in [0.29, 0.717) is 12.6 Å². The number of ether oxygens (including phenoxy) is 1.